The normalized spacial score (nSPS) is 21.6. The highest BCUT2D eigenvalue weighted by Crippen LogP contribution is 2.26. The number of rotatable bonds is 4. The van der Waals surface area contributed by atoms with Crippen LogP contribution >= 0.6 is 0 Å². The molecular weight excluding hydrogens is 326 g/mol. The zero-order chi connectivity index (χ0) is 17.3. The summed E-state index contributed by atoms with van der Waals surface area (Å²) in [5.74, 6) is 1.34. The van der Waals surface area contributed by atoms with E-state index in [1.165, 1.54) is 6.26 Å². The molecule has 7 nitrogen and oxygen atoms in total. The number of sulfone groups is 1. The van der Waals surface area contributed by atoms with E-state index in [0.29, 0.717) is 18.1 Å². The van der Waals surface area contributed by atoms with Crippen LogP contribution in [-0.4, -0.2) is 45.9 Å². The topological polar surface area (TPSA) is 89.8 Å². The van der Waals surface area contributed by atoms with Crippen molar-refractivity contribution in [2.45, 2.75) is 50.8 Å². The molecule has 2 atom stereocenters. The summed E-state index contributed by atoms with van der Waals surface area (Å²) in [6, 6.07) is 5.84. The minimum Gasteiger partial charge on any atom is -0.366 e. The zero-order valence-electron chi connectivity index (χ0n) is 14.2. The van der Waals surface area contributed by atoms with E-state index in [1.807, 2.05) is 32.0 Å². The maximum atomic E-state index is 11.8. The van der Waals surface area contributed by atoms with Crippen LogP contribution in [0.5, 0.6) is 0 Å². The summed E-state index contributed by atoms with van der Waals surface area (Å²) < 4.78 is 25.3. The molecule has 0 aromatic carbocycles. The Morgan fingerprint density at radius 3 is 2.58 bits per heavy atom. The van der Waals surface area contributed by atoms with Gasteiger partial charge in [0.1, 0.15) is 15.7 Å². The standard InChI is InChI=1S/C16H23N5O2S/c1-11-9-12(2)21(20-11)16-8-7-15(18-19-16)17-13-5-4-6-14(10-13)24(3,22)23/h7-9,13-14H,4-6,10H2,1-3H3,(H,17,18). The Morgan fingerprint density at radius 2 is 2.00 bits per heavy atom. The van der Waals surface area contributed by atoms with E-state index >= 15 is 0 Å². The molecule has 0 bridgehead atoms. The molecule has 0 saturated heterocycles. The van der Waals surface area contributed by atoms with Gasteiger partial charge in [0.2, 0.25) is 0 Å². The van der Waals surface area contributed by atoms with Gasteiger partial charge in [0.25, 0.3) is 0 Å². The van der Waals surface area contributed by atoms with Crippen LogP contribution in [0.1, 0.15) is 37.1 Å². The fraction of sp³-hybridized carbons (Fsp3) is 0.562. The molecule has 2 aromatic rings. The zero-order valence-corrected chi connectivity index (χ0v) is 15.0. The van der Waals surface area contributed by atoms with Crippen molar-refractivity contribution in [3.63, 3.8) is 0 Å². The van der Waals surface area contributed by atoms with Gasteiger partial charge in [-0.25, -0.2) is 13.1 Å². The largest absolute Gasteiger partial charge is 0.366 e. The van der Waals surface area contributed by atoms with Crippen molar-refractivity contribution in [3.8, 4) is 5.82 Å². The van der Waals surface area contributed by atoms with Crippen molar-refractivity contribution in [1.82, 2.24) is 20.0 Å². The fourth-order valence-electron chi connectivity index (χ4n) is 3.25. The van der Waals surface area contributed by atoms with Crippen LogP contribution in [0, 0.1) is 13.8 Å². The minimum absolute atomic E-state index is 0.118. The number of aryl methyl sites for hydroxylation is 2. The quantitative estimate of drug-likeness (QED) is 0.908. The Labute approximate surface area is 142 Å². The van der Waals surface area contributed by atoms with E-state index in [4.69, 9.17) is 0 Å². The summed E-state index contributed by atoms with van der Waals surface area (Å²) in [5.41, 5.74) is 1.94. The molecule has 1 aliphatic carbocycles. The summed E-state index contributed by atoms with van der Waals surface area (Å²) in [4.78, 5) is 0. The van der Waals surface area contributed by atoms with E-state index in [9.17, 15) is 8.42 Å². The lowest BCUT2D eigenvalue weighted by Gasteiger charge is -2.28. The van der Waals surface area contributed by atoms with Crippen LogP contribution in [0.2, 0.25) is 0 Å². The van der Waals surface area contributed by atoms with Gasteiger partial charge in [0.15, 0.2) is 5.82 Å². The van der Waals surface area contributed by atoms with Crippen molar-refractivity contribution in [1.29, 1.82) is 0 Å². The van der Waals surface area contributed by atoms with Gasteiger partial charge in [0.05, 0.1) is 10.9 Å². The molecule has 0 aliphatic heterocycles. The van der Waals surface area contributed by atoms with Gasteiger partial charge < -0.3 is 5.32 Å². The molecule has 1 fully saturated rings. The van der Waals surface area contributed by atoms with E-state index in [-0.39, 0.29) is 11.3 Å². The molecule has 130 valence electrons. The van der Waals surface area contributed by atoms with Crippen molar-refractivity contribution < 1.29 is 8.42 Å². The number of nitrogens with one attached hydrogen (secondary N) is 1. The molecule has 2 aromatic heterocycles. The van der Waals surface area contributed by atoms with Gasteiger partial charge in [-0.15, -0.1) is 10.2 Å². The lowest BCUT2D eigenvalue weighted by Crippen LogP contribution is -2.34. The molecule has 8 heteroatoms. The number of hydrogen-bond donors (Lipinski definition) is 1. The summed E-state index contributed by atoms with van der Waals surface area (Å²) in [6.07, 6.45) is 4.56. The summed E-state index contributed by atoms with van der Waals surface area (Å²) in [6.45, 7) is 3.91. The van der Waals surface area contributed by atoms with Gasteiger partial charge in [-0.1, -0.05) is 6.42 Å². The molecule has 2 unspecified atom stereocenters. The van der Waals surface area contributed by atoms with Crippen molar-refractivity contribution in [2.75, 3.05) is 11.6 Å². The first-order valence-electron chi connectivity index (χ1n) is 8.16. The summed E-state index contributed by atoms with van der Waals surface area (Å²) in [5, 5.41) is 15.9. The lowest BCUT2D eigenvalue weighted by atomic mass is 9.95. The summed E-state index contributed by atoms with van der Waals surface area (Å²) in [7, 11) is -2.98. The molecule has 1 N–H and O–H groups in total. The van der Waals surface area contributed by atoms with Crippen LogP contribution in [0.3, 0.4) is 0 Å². The molecule has 2 heterocycles. The number of anilines is 1. The monoisotopic (exact) mass is 349 g/mol. The fourth-order valence-corrected chi connectivity index (χ4v) is 4.43. The van der Waals surface area contributed by atoms with Gasteiger partial charge in [-0.05, 0) is 51.3 Å². The third-order valence-corrected chi connectivity index (χ3v) is 6.10. The first-order chi connectivity index (χ1) is 11.3. The predicted octanol–water partition coefficient (Wildman–Crippen LogP) is 2.05. The summed E-state index contributed by atoms with van der Waals surface area (Å²) >= 11 is 0. The van der Waals surface area contributed by atoms with Crippen molar-refractivity contribution in [2.24, 2.45) is 0 Å². The molecule has 0 spiro atoms. The minimum atomic E-state index is -2.98. The molecule has 24 heavy (non-hydrogen) atoms. The second-order valence-corrected chi connectivity index (χ2v) is 8.90. The predicted molar refractivity (Wildman–Crippen MR) is 93.1 cm³/mol. The Bertz CT molecular complexity index is 813. The lowest BCUT2D eigenvalue weighted by molar-refractivity contribution is 0.452. The second kappa shape index (κ2) is 6.51. The average Bonchev–Trinajstić information content (AvgIpc) is 2.86. The van der Waals surface area contributed by atoms with Crippen LogP contribution in [-0.2, 0) is 9.84 Å². The average molecular weight is 349 g/mol. The highest BCUT2D eigenvalue weighted by molar-refractivity contribution is 7.91. The molecule has 1 aliphatic rings. The molecule has 0 amide bonds. The molecule has 1 saturated carbocycles. The van der Waals surface area contributed by atoms with E-state index in [1.54, 1.807) is 4.68 Å². The Kier molecular flexibility index (Phi) is 4.58. The van der Waals surface area contributed by atoms with Gasteiger partial charge in [-0.2, -0.15) is 5.10 Å². The number of nitrogens with zero attached hydrogens (tertiary/aromatic N) is 4. The smallest absolute Gasteiger partial charge is 0.176 e. The van der Waals surface area contributed by atoms with Crippen molar-refractivity contribution >= 4 is 15.7 Å². The SMILES string of the molecule is Cc1cc(C)n(-c2ccc(NC3CCCC(S(C)(=O)=O)C3)nn2)n1. The highest BCUT2D eigenvalue weighted by Gasteiger charge is 2.28. The van der Waals surface area contributed by atoms with Crippen LogP contribution in [0.4, 0.5) is 5.82 Å². The number of hydrogen-bond acceptors (Lipinski definition) is 6. The van der Waals surface area contributed by atoms with E-state index in [2.05, 4.69) is 20.6 Å². The van der Waals surface area contributed by atoms with Crippen LogP contribution in [0.15, 0.2) is 18.2 Å². The Morgan fingerprint density at radius 1 is 1.21 bits per heavy atom. The first kappa shape index (κ1) is 16.9. The van der Waals surface area contributed by atoms with Crippen LogP contribution in [0.25, 0.3) is 5.82 Å². The maximum absolute atomic E-state index is 11.8. The second-order valence-electron chi connectivity index (χ2n) is 6.58. The third-order valence-electron chi connectivity index (χ3n) is 4.46. The molecule has 0 radical (unpaired) electrons. The first-order valence-corrected chi connectivity index (χ1v) is 10.1. The highest BCUT2D eigenvalue weighted by atomic mass is 32.2. The van der Waals surface area contributed by atoms with E-state index < -0.39 is 9.84 Å². The van der Waals surface area contributed by atoms with Gasteiger partial charge in [0, 0.05) is 18.0 Å². The van der Waals surface area contributed by atoms with Crippen molar-refractivity contribution in [3.05, 3.63) is 29.6 Å². The van der Waals surface area contributed by atoms with Gasteiger partial charge >= 0.3 is 0 Å². The molecular formula is C16H23N5O2S. The Hall–Kier alpha value is -1.96. The van der Waals surface area contributed by atoms with Crippen LogP contribution < -0.4 is 5.32 Å². The van der Waals surface area contributed by atoms with Gasteiger partial charge in [-0.3, -0.25) is 0 Å². The molecule has 3 rings (SSSR count). The number of aromatic nitrogens is 4. The Balaban J connectivity index is 1.69. The van der Waals surface area contributed by atoms with E-state index in [0.717, 1.165) is 30.7 Å². The maximum Gasteiger partial charge on any atom is 0.176 e. The third kappa shape index (κ3) is 3.75.